The zero-order valence-corrected chi connectivity index (χ0v) is 24.2. The molecule has 4 aliphatic rings. The predicted octanol–water partition coefficient (Wildman–Crippen LogP) is 6.24. The zero-order chi connectivity index (χ0) is 30.4. The van der Waals surface area contributed by atoms with E-state index < -0.39 is 17.4 Å². The number of likely N-dealkylation sites (tertiary alicyclic amines) is 2. The molecule has 1 amide bonds. The third-order valence-corrected chi connectivity index (χ3v) is 9.34. The second-order valence-electron chi connectivity index (χ2n) is 12.0. The van der Waals surface area contributed by atoms with E-state index in [-0.39, 0.29) is 55.7 Å². The Morgan fingerprint density at radius 2 is 1.70 bits per heavy atom. The summed E-state index contributed by atoms with van der Waals surface area (Å²) in [7, 11) is 2.03. The van der Waals surface area contributed by atoms with Crippen LogP contribution in [0.3, 0.4) is 0 Å². The van der Waals surface area contributed by atoms with Gasteiger partial charge in [-0.3, -0.25) is 9.69 Å². The van der Waals surface area contributed by atoms with E-state index in [4.69, 9.17) is 5.26 Å². The molecule has 2 aromatic carbocycles. The molecule has 0 N–H and O–H groups in total. The summed E-state index contributed by atoms with van der Waals surface area (Å²) in [5.74, 6) is -0.383. The summed E-state index contributed by atoms with van der Waals surface area (Å²) in [6.45, 7) is 2.60. The van der Waals surface area contributed by atoms with Crippen molar-refractivity contribution in [1.82, 2.24) is 9.80 Å². The summed E-state index contributed by atoms with van der Waals surface area (Å²) in [4.78, 5) is 21.3. The highest BCUT2D eigenvalue weighted by Gasteiger charge is 2.42. The van der Waals surface area contributed by atoms with Crippen LogP contribution in [0.5, 0.6) is 0 Å². The van der Waals surface area contributed by atoms with Crippen LogP contribution in [-0.4, -0.2) is 68.1 Å². The predicted molar refractivity (Wildman–Crippen MR) is 158 cm³/mol. The number of likely N-dealkylation sites (N-methyl/N-ethyl adjacent to an activating group) is 1. The molecule has 0 bridgehead atoms. The van der Waals surface area contributed by atoms with Gasteiger partial charge >= 0.3 is 6.18 Å². The van der Waals surface area contributed by atoms with Crippen LogP contribution in [0.15, 0.2) is 60.3 Å². The molecular weight excluding hydrogens is 558 g/mol. The number of anilines is 2. The average molecular weight is 594 g/mol. The molecule has 3 saturated heterocycles. The Balaban J connectivity index is 1.34. The number of hydrogen-bond donors (Lipinski definition) is 0. The molecule has 3 fully saturated rings. The quantitative estimate of drug-likeness (QED) is 0.384. The standard InChI is InChI=1S/C33H35F4N5O/c1-39-15-3-6-28(39)24-5-2-16-42(22-24)30-27(33(35,36)37)12-11-26(29(30)40-17-4-18-40)31(43)41-19-13-32(34,14-20-41)25-9-7-23(21-38)8-10-25/h2,5,7-12,22,28H,3-4,6,13-20H2,1H3. The van der Waals surface area contributed by atoms with Gasteiger partial charge in [0.1, 0.15) is 5.67 Å². The Kier molecular flexibility index (Phi) is 7.71. The first-order chi connectivity index (χ1) is 20.6. The molecule has 6 nitrogen and oxygen atoms in total. The second-order valence-corrected chi connectivity index (χ2v) is 12.0. The highest BCUT2D eigenvalue weighted by molar-refractivity contribution is 6.04. The lowest BCUT2D eigenvalue weighted by atomic mass is 9.85. The average Bonchev–Trinajstić information content (AvgIpc) is 3.41. The fourth-order valence-corrected chi connectivity index (χ4v) is 6.76. The summed E-state index contributed by atoms with van der Waals surface area (Å²) in [6, 6.07) is 10.9. The van der Waals surface area contributed by atoms with Crippen molar-refractivity contribution < 1.29 is 22.4 Å². The first-order valence-electron chi connectivity index (χ1n) is 14.9. The topological polar surface area (TPSA) is 53.8 Å². The lowest BCUT2D eigenvalue weighted by molar-refractivity contribution is -0.137. The van der Waals surface area contributed by atoms with E-state index in [1.54, 1.807) is 34.1 Å². The third kappa shape index (κ3) is 5.51. The summed E-state index contributed by atoms with van der Waals surface area (Å²) in [5, 5.41) is 9.06. The number of halogens is 4. The van der Waals surface area contributed by atoms with Crippen molar-refractivity contribution in [2.45, 2.75) is 50.0 Å². The third-order valence-electron chi connectivity index (χ3n) is 9.34. The number of rotatable bonds is 5. The summed E-state index contributed by atoms with van der Waals surface area (Å²) in [5.41, 5.74) is -0.0118. The number of amides is 1. The van der Waals surface area contributed by atoms with Gasteiger partial charge < -0.3 is 14.7 Å². The molecule has 4 heterocycles. The van der Waals surface area contributed by atoms with Gasteiger partial charge in [0, 0.05) is 57.8 Å². The van der Waals surface area contributed by atoms with Crippen molar-refractivity contribution in [2.75, 3.05) is 56.1 Å². The van der Waals surface area contributed by atoms with Crippen molar-refractivity contribution in [3.63, 3.8) is 0 Å². The Morgan fingerprint density at radius 1 is 0.977 bits per heavy atom. The first-order valence-corrected chi connectivity index (χ1v) is 14.9. The molecular formula is C33H35F4N5O. The number of piperidine rings is 1. The molecule has 0 aromatic heterocycles. The maximum absolute atomic E-state index is 16.0. The van der Waals surface area contributed by atoms with Gasteiger partial charge in [-0.1, -0.05) is 24.3 Å². The second kappa shape index (κ2) is 11.3. The number of alkyl halides is 4. The molecule has 43 heavy (non-hydrogen) atoms. The van der Waals surface area contributed by atoms with Crippen LogP contribution in [-0.2, 0) is 11.8 Å². The molecule has 2 aromatic rings. The van der Waals surface area contributed by atoms with Crippen LogP contribution in [0.4, 0.5) is 28.9 Å². The summed E-state index contributed by atoms with van der Waals surface area (Å²) in [6.07, 6.45) is 4.03. The molecule has 4 aliphatic heterocycles. The Labute approximate surface area is 249 Å². The Morgan fingerprint density at radius 3 is 2.28 bits per heavy atom. The van der Waals surface area contributed by atoms with E-state index in [0.717, 1.165) is 37.4 Å². The SMILES string of the molecule is CN1CCCC1C1=CN(c2c(C(F)(F)F)ccc(C(=O)N3CCC(F)(c4ccc(C#N)cc4)CC3)c2N2CCC2)CC=C1. The van der Waals surface area contributed by atoms with Crippen LogP contribution in [0.2, 0.25) is 0 Å². The Hall–Kier alpha value is -3.84. The van der Waals surface area contributed by atoms with Crippen LogP contribution in [0.1, 0.15) is 59.2 Å². The van der Waals surface area contributed by atoms with Crippen LogP contribution >= 0.6 is 0 Å². The highest BCUT2D eigenvalue weighted by Crippen LogP contribution is 2.47. The van der Waals surface area contributed by atoms with Crippen molar-refractivity contribution in [1.29, 1.82) is 5.26 Å². The Bertz CT molecular complexity index is 1480. The molecule has 1 unspecified atom stereocenters. The number of carbonyl (C=O) groups excluding carboxylic acids is 1. The molecule has 0 saturated carbocycles. The van der Waals surface area contributed by atoms with Gasteiger partial charge in [-0.05, 0) is 68.3 Å². The monoisotopic (exact) mass is 593 g/mol. The minimum Gasteiger partial charge on any atom is -0.369 e. The van der Waals surface area contributed by atoms with E-state index in [1.165, 1.54) is 6.07 Å². The van der Waals surface area contributed by atoms with E-state index >= 15 is 4.39 Å². The number of hydrogen-bond acceptors (Lipinski definition) is 5. The van der Waals surface area contributed by atoms with Gasteiger partial charge in [-0.2, -0.15) is 18.4 Å². The molecule has 0 spiro atoms. The highest BCUT2D eigenvalue weighted by atomic mass is 19.4. The van der Waals surface area contributed by atoms with E-state index in [0.29, 0.717) is 29.9 Å². The maximum atomic E-state index is 16.0. The van der Waals surface area contributed by atoms with Crippen molar-refractivity contribution >= 4 is 17.3 Å². The minimum absolute atomic E-state index is 0.00924. The molecule has 6 rings (SSSR count). The fourth-order valence-electron chi connectivity index (χ4n) is 6.76. The number of nitriles is 1. The van der Waals surface area contributed by atoms with Gasteiger partial charge in [-0.15, -0.1) is 0 Å². The largest absolute Gasteiger partial charge is 0.418 e. The fraction of sp³-hybridized carbons (Fsp3) is 0.455. The maximum Gasteiger partial charge on any atom is 0.418 e. The molecule has 1 atom stereocenters. The van der Waals surface area contributed by atoms with Crippen molar-refractivity contribution in [3.8, 4) is 6.07 Å². The van der Waals surface area contributed by atoms with Crippen LogP contribution in [0, 0.1) is 11.3 Å². The normalized spacial score (nSPS) is 22.3. The number of benzene rings is 2. The van der Waals surface area contributed by atoms with E-state index in [1.807, 2.05) is 36.4 Å². The van der Waals surface area contributed by atoms with Crippen molar-refractivity contribution in [2.24, 2.45) is 0 Å². The van der Waals surface area contributed by atoms with E-state index in [9.17, 15) is 18.0 Å². The van der Waals surface area contributed by atoms with Crippen LogP contribution < -0.4 is 9.80 Å². The van der Waals surface area contributed by atoms with Crippen LogP contribution in [0.25, 0.3) is 0 Å². The first kappa shape index (κ1) is 29.2. The van der Waals surface area contributed by atoms with Gasteiger partial charge in [0.15, 0.2) is 0 Å². The molecule has 0 radical (unpaired) electrons. The van der Waals surface area contributed by atoms with Gasteiger partial charge in [0.05, 0.1) is 34.1 Å². The van der Waals surface area contributed by atoms with Gasteiger partial charge in [0.25, 0.3) is 5.91 Å². The number of carbonyl (C=O) groups is 1. The lowest BCUT2D eigenvalue weighted by Gasteiger charge is -2.41. The summed E-state index contributed by atoms with van der Waals surface area (Å²) >= 11 is 0. The molecule has 0 aliphatic carbocycles. The number of nitrogens with zero attached hydrogens (tertiary/aromatic N) is 5. The summed E-state index contributed by atoms with van der Waals surface area (Å²) < 4.78 is 59.6. The smallest absolute Gasteiger partial charge is 0.369 e. The molecule has 10 heteroatoms. The lowest BCUT2D eigenvalue weighted by Crippen LogP contribution is -2.45. The molecule has 226 valence electrons. The van der Waals surface area contributed by atoms with Crippen molar-refractivity contribution in [3.05, 3.63) is 82.6 Å². The zero-order valence-electron chi connectivity index (χ0n) is 24.2. The van der Waals surface area contributed by atoms with E-state index in [2.05, 4.69) is 4.90 Å². The van der Waals surface area contributed by atoms with Gasteiger partial charge in [0.2, 0.25) is 0 Å². The van der Waals surface area contributed by atoms with Gasteiger partial charge in [-0.25, -0.2) is 4.39 Å². The minimum atomic E-state index is -4.62.